The molecule has 10 heteroatoms. The highest BCUT2D eigenvalue weighted by Crippen LogP contribution is 2.42. The van der Waals surface area contributed by atoms with E-state index in [1.165, 1.54) is 11.0 Å². The molecule has 1 aromatic heterocycles. The van der Waals surface area contributed by atoms with Crippen LogP contribution in [0.5, 0.6) is 0 Å². The minimum atomic E-state index is -1.05. The number of hydrogen-bond acceptors (Lipinski definition) is 5. The van der Waals surface area contributed by atoms with Crippen molar-refractivity contribution in [1.82, 2.24) is 10.2 Å². The van der Waals surface area contributed by atoms with E-state index in [0.29, 0.717) is 47.8 Å². The van der Waals surface area contributed by atoms with Crippen molar-refractivity contribution in [2.24, 2.45) is 5.41 Å². The van der Waals surface area contributed by atoms with Gasteiger partial charge in [-0.1, -0.05) is 13.8 Å². The van der Waals surface area contributed by atoms with Crippen molar-refractivity contribution < 1.29 is 23.9 Å². The highest BCUT2D eigenvalue weighted by molar-refractivity contribution is 14.1. The van der Waals surface area contributed by atoms with E-state index in [-0.39, 0.29) is 22.6 Å². The predicted molar refractivity (Wildman–Crippen MR) is 128 cm³/mol. The lowest BCUT2D eigenvalue weighted by molar-refractivity contribution is -0.141. The lowest BCUT2D eigenvalue weighted by Gasteiger charge is -2.25. The second kappa shape index (κ2) is 8.62. The van der Waals surface area contributed by atoms with Crippen LogP contribution in [0, 0.1) is 14.8 Å². The van der Waals surface area contributed by atoms with Crippen molar-refractivity contribution in [3.63, 3.8) is 0 Å². The maximum absolute atomic E-state index is 14.6. The van der Waals surface area contributed by atoms with E-state index in [1.54, 1.807) is 12.1 Å². The van der Waals surface area contributed by atoms with Crippen LogP contribution in [0.2, 0.25) is 0 Å². The van der Waals surface area contributed by atoms with Crippen molar-refractivity contribution in [3.05, 3.63) is 43.6 Å². The van der Waals surface area contributed by atoms with E-state index in [4.69, 9.17) is 0 Å². The Labute approximate surface area is 202 Å². The van der Waals surface area contributed by atoms with Crippen LogP contribution in [-0.2, 0) is 11.2 Å². The van der Waals surface area contributed by atoms with E-state index < -0.39 is 23.7 Å². The number of aliphatic carboxylic acids is 1. The van der Waals surface area contributed by atoms with Crippen LogP contribution in [0.15, 0.2) is 18.2 Å². The van der Waals surface area contributed by atoms with Gasteiger partial charge in [-0.05, 0) is 71.0 Å². The summed E-state index contributed by atoms with van der Waals surface area (Å²) >= 11 is 3.11. The Morgan fingerprint density at radius 1 is 1.38 bits per heavy atom. The molecule has 170 valence electrons. The van der Waals surface area contributed by atoms with Gasteiger partial charge in [0.2, 0.25) is 0 Å². The van der Waals surface area contributed by atoms with Crippen molar-refractivity contribution in [3.8, 4) is 0 Å². The summed E-state index contributed by atoms with van der Waals surface area (Å²) in [5, 5.41) is 15.8. The zero-order valence-corrected chi connectivity index (χ0v) is 20.6. The van der Waals surface area contributed by atoms with Gasteiger partial charge >= 0.3 is 5.97 Å². The van der Waals surface area contributed by atoms with Crippen LogP contribution in [0.1, 0.15) is 52.3 Å². The summed E-state index contributed by atoms with van der Waals surface area (Å²) < 4.78 is 15.3. The Balaban J connectivity index is 1.84. The number of rotatable bonds is 4. The summed E-state index contributed by atoms with van der Waals surface area (Å²) in [7, 11) is 0. The summed E-state index contributed by atoms with van der Waals surface area (Å²) in [6, 6.07) is 3.78. The van der Waals surface area contributed by atoms with E-state index in [2.05, 4.69) is 10.6 Å². The molecule has 1 saturated heterocycles. The molecule has 3 N–H and O–H groups in total. The summed E-state index contributed by atoms with van der Waals surface area (Å²) in [5.74, 6) is -2.25. The number of likely N-dealkylation sites (tertiary alicyclic amines) is 1. The zero-order chi connectivity index (χ0) is 23.2. The third-order valence-electron chi connectivity index (χ3n) is 5.79. The molecule has 1 unspecified atom stereocenters. The molecule has 1 aromatic carbocycles. The van der Waals surface area contributed by atoms with Crippen LogP contribution in [0.25, 0.3) is 0 Å². The molecule has 7 nitrogen and oxygen atoms in total. The molecule has 2 aliphatic heterocycles. The first-order valence-corrected chi connectivity index (χ1v) is 12.2. The average Bonchev–Trinajstić information content (AvgIpc) is 3.31. The van der Waals surface area contributed by atoms with Crippen LogP contribution < -0.4 is 10.6 Å². The number of carboxylic acid groups (broad SMARTS) is 1. The fourth-order valence-electron chi connectivity index (χ4n) is 4.20. The van der Waals surface area contributed by atoms with Gasteiger partial charge in [0.15, 0.2) is 0 Å². The fourth-order valence-corrected chi connectivity index (χ4v) is 5.79. The summed E-state index contributed by atoms with van der Waals surface area (Å²) in [5.41, 5.74) is 0.733. The van der Waals surface area contributed by atoms with E-state index >= 15 is 0 Å². The predicted octanol–water partition coefficient (Wildman–Crippen LogP) is 4.24. The van der Waals surface area contributed by atoms with E-state index in [9.17, 15) is 23.9 Å². The third-order valence-corrected chi connectivity index (χ3v) is 7.61. The van der Waals surface area contributed by atoms with Crippen LogP contribution >= 0.6 is 33.9 Å². The largest absolute Gasteiger partial charge is 0.480 e. The SMILES string of the molecule is CC1(C)CNC(=O)c2sc(Nc3ccc(I)cc3F)c(C(=O)N3CCCC3C(=O)O)c2C1. The maximum atomic E-state index is 14.6. The molecule has 0 spiro atoms. The van der Waals surface area contributed by atoms with Gasteiger partial charge in [0.25, 0.3) is 11.8 Å². The zero-order valence-electron chi connectivity index (χ0n) is 17.6. The molecule has 0 radical (unpaired) electrons. The first kappa shape index (κ1) is 23.0. The van der Waals surface area contributed by atoms with Crippen LogP contribution in [0.4, 0.5) is 15.1 Å². The first-order valence-electron chi connectivity index (χ1n) is 10.3. The summed E-state index contributed by atoms with van der Waals surface area (Å²) in [4.78, 5) is 40.0. The Morgan fingerprint density at radius 3 is 2.81 bits per heavy atom. The number of carboxylic acids is 1. The lowest BCUT2D eigenvalue weighted by Crippen LogP contribution is -2.41. The Kier molecular flexibility index (Phi) is 6.19. The molecule has 0 aliphatic carbocycles. The molecule has 0 bridgehead atoms. The number of nitrogens with one attached hydrogen (secondary N) is 2. The van der Waals surface area contributed by atoms with Crippen LogP contribution in [-0.4, -0.2) is 46.9 Å². The van der Waals surface area contributed by atoms with Gasteiger partial charge in [-0.3, -0.25) is 9.59 Å². The molecule has 3 heterocycles. The second-order valence-electron chi connectivity index (χ2n) is 8.88. The first-order chi connectivity index (χ1) is 15.1. The number of anilines is 2. The van der Waals surface area contributed by atoms with Crippen molar-refractivity contribution in [2.75, 3.05) is 18.4 Å². The van der Waals surface area contributed by atoms with Gasteiger partial charge in [0.05, 0.1) is 16.1 Å². The molecule has 32 heavy (non-hydrogen) atoms. The van der Waals surface area contributed by atoms with Crippen molar-refractivity contribution >= 4 is 62.4 Å². The van der Waals surface area contributed by atoms with Gasteiger partial charge in [0, 0.05) is 16.7 Å². The fraction of sp³-hybridized carbons (Fsp3) is 0.409. The monoisotopic (exact) mass is 571 g/mol. The number of amides is 2. The number of nitrogens with zero attached hydrogens (tertiary/aromatic N) is 1. The summed E-state index contributed by atoms with van der Waals surface area (Å²) in [6.45, 7) is 4.77. The van der Waals surface area contributed by atoms with E-state index in [0.717, 1.165) is 14.9 Å². The number of carbonyl (C=O) groups excluding carboxylic acids is 2. The Hall–Kier alpha value is -2.21. The highest BCUT2D eigenvalue weighted by atomic mass is 127. The third kappa shape index (κ3) is 4.34. The quantitative estimate of drug-likeness (QED) is 0.478. The van der Waals surface area contributed by atoms with Gasteiger partial charge in [-0.2, -0.15) is 0 Å². The number of thiophene rings is 1. The number of hydrogen-bond donors (Lipinski definition) is 3. The molecular weight excluding hydrogens is 548 g/mol. The molecule has 0 saturated carbocycles. The molecule has 4 rings (SSSR count). The standard InChI is InChI=1S/C22H23FIN3O4S/c1-22(2)9-12-16(20(29)27-7-3-4-15(27)21(30)31)19(32-17(12)18(28)25-10-22)26-14-6-5-11(24)8-13(14)23/h5-6,8,15,26H,3-4,7,9-10H2,1-2H3,(H,25,28)(H,30,31). The Morgan fingerprint density at radius 2 is 2.12 bits per heavy atom. The van der Waals surface area contributed by atoms with Gasteiger partial charge in [-0.15, -0.1) is 11.3 Å². The number of fused-ring (bicyclic) bond motifs is 1. The summed E-state index contributed by atoms with van der Waals surface area (Å²) in [6.07, 6.45) is 1.44. The van der Waals surface area contributed by atoms with Crippen molar-refractivity contribution in [1.29, 1.82) is 0 Å². The van der Waals surface area contributed by atoms with E-state index in [1.807, 2.05) is 36.4 Å². The van der Waals surface area contributed by atoms with Gasteiger partial charge in [0.1, 0.15) is 16.9 Å². The molecule has 1 atom stereocenters. The van der Waals surface area contributed by atoms with Crippen LogP contribution in [0.3, 0.4) is 0 Å². The second-order valence-corrected chi connectivity index (χ2v) is 11.1. The number of halogens is 2. The molecule has 1 fully saturated rings. The highest BCUT2D eigenvalue weighted by Gasteiger charge is 2.40. The molecular formula is C22H23FIN3O4S. The normalized spacial score (nSPS) is 19.8. The van der Waals surface area contributed by atoms with Crippen molar-refractivity contribution in [2.45, 2.75) is 39.2 Å². The maximum Gasteiger partial charge on any atom is 0.326 e. The molecule has 2 aliphatic rings. The minimum Gasteiger partial charge on any atom is -0.480 e. The number of carbonyl (C=O) groups is 3. The average molecular weight is 571 g/mol. The smallest absolute Gasteiger partial charge is 0.326 e. The topological polar surface area (TPSA) is 98.7 Å². The van der Waals surface area contributed by atoms with Gasteiger partial charge in [-0.25, -0.2) is 9.18 Å². The minimum absolute atomic E-state index is 0.187. The van der Waals surface area contributed by atoms with Gasteiger partial charge < -0.3 is 20.6 Å². The molecule has 2 amide bonds. The molecule has 2 aromatic rings. The Bertz CT molecular complexity index is 1120. The lowest BCUT2D eigenvalue weighted by atomic mass is 9.85. The number of benzene rings is 1.